The van der Waals surface area contributed by atoms with Gasteiger partial charge in [-0.2, -0.15) is 0 Å². The molecule has 0 rings (SSSR count). The summed E-state index contributed by atoms with van der Waals surface area (Å²) in [4.78, 5) is 0. The lowest BCUT2D eigenvalue weighted by Gasteiger charge is -1.72. The van der Waals surface area contributed by atoms with Crippen LogP contribution in [0.4, 0.5) is 0 Å². The Morgan fingerprint density at radius 3 is 1.00 bits per heavy atom. The second kappa shape index (κ2) is 22.5. The molecule has 7 nitrogen and oxygen atoms in total. The molecule has 0 unspecified atom stereocenters. The van der Waals surface area contributed by atoms with Gasteiger partial charge in [0.05, 0.1) is 0 Å². The summed E-state index contributed by atoms with van der Waals surface area (Å²) in [7, 11) is 0. The number of rotatable bonds is 1. The van der Waals surface area contributed by atoms with Crippen molar-refractivity contribution in [1.29, 1.82) is 0 Å². The molecule has 0 saturated carbocycles. The summed E-state index contributed by atoms with van der Waals surface area (Å²) in [6.07, 6.45) is 0. The quantitative estimate of drug-likeness (QED) is 0.268. The fourth-order valence-corrected chi connectivity index (χ4v) is 0. The first-order chi connectivity index (χ1) is 5.38. The summed E-state index contributed by atoms with van der Waals surface area (Å²) in [5.41, 5.74) is 18.6. The lowest BCUT2D eigenvalue weighted by Crippen LogP contribution is -2.11. The molecule has 13 heavy (non-hydrogen) atoms. The highest BCUT2D eigenvalue weighted by atomic mass is 32.1. The molecular formula is C4H17N5O2S2. The van der Waals surface area contributed by atoms with Crippen LogP contribution in [-0.2, 0) is 0 Å². The first-order valence-corrected chi connectivity index (χ1v) is 3.57. The van der Waals surface area contributed by atoms with Gasteiger partial charge in [-0.1, -0.05) is 0 Å². The predicted molar refractivity (Wildman–Crippen MR) is 62.0 cm³/mol. The van der Waals surface area contributed by atoms with Crippen molar-refractivity contribution in [2.75, 3.05) is 13.1 Å². The van der Waals surface area contributed by atoms with E-state index >= 15 is 0 Å². The van der Waals surface area contributed by atoms with Gasteiger partial charge >= 0.3 is 0 Å². The molecule has 0 radical (unpaired) electrons. The standard InChI is InChI=1S/C2H8N2.2CH3NOS.H3N/c3-1-2-4;2*2-1(3)4;/h1-4H2;2*(H3,2,3,4);1H3. The molecule has 0 aromatic carbocycles. The van der Waals surface area contributed by atoms with E-state index in [0.717, 1.165) is 0 Å². The highest BCUT2D eigenvalue weighted by Crippen LogP contribution is 1.40. The Morgan fingerprint density at radius 2 is 1.00 bits per heavy atom. The number of nitrogens with two attached hydrogens (primary N) is 4. The Labute approximate surface area is 87.6 Å². The van der Waals surface area contributed by atoms with Crippen molar-refractivity contribution in [3.63, 3.8) is 0 Å². The first-order valence-electron chi connectivity index (χ1n) is 2.75. The van der Waals surface area contributed by atoms with Crippen LogP contribution in [0.25, 0.3) is 0 Å². The van der Waals surface area contributed by atoms with Crippen LogP contribution in [-0.4, -0.2) is 33.7 Å². The molecule has 0 aliphatic carbocycles. The van der Waals surface area contributed by atoms with Crippen LogP contribution in [0.3, 0.4) is 0 Å². The maximum Gasteiger partial charge on any atom is 0.251 e. The first kappa shape index (κ1) is 22.8. The molecule has 0 aliphatic heterocycles. The second-order valence-corrected chi connectivity index (χ2v) is 2.09. The van der Waals surface area contributed by atoms with E-state index in [1.165, 1.54) is 0 Å². The van der Waals surface area contributed by atoms with Gasteiger partial charge in [-0.15, -0.1) is 0 Å². The molecule has 0 aromatic rings. The summed E-state index contributed by atoms with van der Waals surface area (Å²) >= 11 is 7.74. The Morgan fingerprint density at radius 1 is 0.923 bits per heavy atom. The largest absolute Gasteiger partial charge is 0.487 e. The normalized spacial score (nSPS) is 6.00. The minimum atomic E-state index is -0.500. The van der Waals surface area contributed by atoms with E-state index in [4.69, 9.17) is 21.7 Å². The molecular weight excluding hydrogens is 214 g/mol. The van der Waals surface area contributed by atoms with Crippen molar-refractivity contribution in [2.24, 2.45) is 22.9 Å². The van der Waals surface area contributed by atoms with E-state index < -0.39 is 10.3 Å². The highest BCUT2D eigenvalue weighted by Gasteiger charge is 1.57. The zero-order valence-electron chi connectivity index (χ0n) is 7.14. The summed E-state index contributed by atoms with van der Waals surface area (Å²) in [5.74, 6) is 0. The Kier molecular flexibility index (Phi) is 39.4. The lowest BCUT2D eigenvalue weighted by molar-refractivity contribution is 0.559. The number of thiocarbonyl (C=S) groups is 2. The van der Waals surface area contributed by atoms with Crippen LogP contribution in [0.1, 0.15) is 0 Å². The predicted octanol–water partition coefficient (Wildman–Crippen LogP) is -1.36. The summed E-state index contributed by atoms with van der Waals surface area (Å²) in [5, 5.41) is 14.1. The third-order valence-electron chi connectivity index (χ3n) is 0.167. The molecule has 0 aliphatic rings. The van der Waals surface area contributed by atoms with Gasteiger partial charge in [-0.3, -0.25) is 0 Å². The molecule has 0 saturated heterocycles. The van der Waals surface area contributed by atoms with Gasteiger partial charge in [0.2, 0.25) is 0 Å². The Hall–Kier alpha value is -0.740. The number of hydrogen-bond acceptors (Lipinski definition) is 5. The van der Waals surface area contributed by atoms with Crippen molar-refractivity contribution in [2.45, 2.75) is 0 Å². The van der Waals surface area contributed by atoms with Gasteiger partial charge in [-0.25, -0.2) is 0 Å². The molecule has 0 bridgehead atoms. The van der Waals surface area contributed by atoms with E-state index in [-0.39, 0.29) is 6.15 Å². The van der Waals surface area contributed by atoms with Crippen LogP contribution in [0.15, 0.2) is 0 Å². The van der Waals surface area contributed by atoms with Crippen molar-refractivity contribution in [1.82, 2.24) is 6.15 Å². The molecule has 0 fully saturated rings. The smallest absolute Gasteiger partial charge is 0.251 e. The molecule has 9 heteroatoms. The van der Waals surface area contributed by atoms with Crippen molar-refractivity contribution in [3.8, 4) is 0 Å². The number of aliphatic hydroxyl groups excluding tert-OH is 2. The molecule has 0 heterocycles. The lowest BCUT2D eigenvalue weighted by atomic mass is 10.7. The van der Waals surface area contributed by atoms with Crippen LogP contribution in [0.5, 0.6) is 0 Å². The van der Waals surface area contributed by atoms with Gasteiger partial charge < -0.3 is 39.3 Å². The van der Waals surface area contributed by atoms with E-state index in [0.29, 0.717) is 13.1 Å². The van der Waals surface area contributed by atoms with Gasteiger partial charge in [0.15, 0.2) is 0 Å². The molecule has 0 spiro atoms. The maximum atomic E-state index is 7.56. The number of aliphatic hydroxyl groups is 2. The number of hydrogen-bond donors (Lipinski definition) is 7. The van der Waals surface area contributed by atoms with Gasteiger partial charge in [-0.05, 0) is 24.4 Å². The van der Waals surface area contributed by atoms with Crippen LogP contribution in [0.2, 0.25) is 0 Å². The topological polar surface area (TPSA) is 180 Å². The van der Waals surface area contributed by atoms with E-state index in [1.54, 1.807) is 0 Å². The minimum Gasteiger partial charge on any atom is -0.487 e. The zero-order valence-corrected chi connectivity index (χ0v) is 8.77. The molecule has 82 valence electrons. The van der Waals surface area contributed by atoms with E-state index in [9.17, 15) is 0 Å². The average molecular weight is 231 g/mol. The molecule has 0 amide bonds. The Bertz CT molecular complexity index is 101. The molecule has 13 N–H and O–H groups in total. The van der Waals surface area contributed by atoms with Gasteiger partial charge in [0.1, 0.15) is 0 Å². The zero-order chi connectivity index (χ0) is 10.6. The summed E-state index contributed by atoms with van der Waals surface area (Å²) < 4.78 is 0. The second-order valence-electron chi connectivity index (χ2n) is 1.25. The minimum absolute atomic E-state index is 0. The molecule has 0 aromatic heterocycles. The summed E-state index contributed by atoms with van der Waals surface area (Å²) in [6.45, 7) is 1.19. The fraction of sp³-hybridized carbons (Fsp3) is 0.500. The highest BCUT2D eigenvalue weighted by molar-refractivity contribution is 7.80. The third-order valence-corrected chi connectivity index (χ3v) is 0.167. The van der Waals surface area contributed by atoms with Crippen molar-refractivity contribution >= 4 is 34.8 Å². The SMILES string of the molecule is N.NC(O)=S.NC(O)=S.NCCN. The fourth-order valence-electron chi connectivity index (χ4n) is 0. The average Bonchev–Trinajstić information content (AvgIpc) is 1.85. The Balaban J connectivity index is -0.0000000450. The van der Waals surface area contributed by atoms with E-state index in [2.05, 4.69) is 35.9 Å². The van der Waals surface area contributed by atoms with Crippen molar-refractivity contribution < 1.29 is 10.2 Å². The van der Waals surface area contributed by atoms with Gasteiger partial charge in [0.25, 0.3) is 10.3 Å². The van der Waals surface area contributed by atoms with Crippen molar-refractivity contribution in [3.05, 3.63) is 0 Å². The molecule has 0 atom stereocenters. The maximum absolute atomic E-state index is 7.56. The van der Waals surface area contributed by atoms with E-state index in [1.807, 2.05) is 0 Å². The van der Waals surface area contributed by atoms with Crippen LogP contribution < -0.4 is 29.1 Å². The monoisotopic (exact) mass is 231 g/mol. The summed E-state index contributed by atoms with van der Waals surface area (Å²) in [6, 6.07) is 0. The van der Waals surface area contributed by atoms with Gasteiger partial charge in [0, 0.05) is 13.1 Å². The van der Waals surface area contributed by atoms with Crippen LogP contribution >= 0.6 is 24.4 Å². The van der Waals surface area contributed by atoms with Crippen LogP contribution in [0, 0.1) is 0 Å². The third kappa shape index (κ3) is 14300.